The van der Waals surface area contributed by atoms with E-state index in [1.807, 2.05) is 36.4 Å². The molecule has 0 amide bonds. The Hall–Kier alpha value is -7.63. The summed E-state index contributed by atoms with van der Waals surface area (Å²) in [6.45, 7) is 4.70. The van der Waals surface area contributed by atoms with Crippen molar-refractivity contribution in [2.75, 3.05) is 0 Å². The van der Waals surface area contributed by atoms with Crippen molar-refractivity contribution in [1.82, 2.24) is 24.1 Å². The van der Waals surface area contributed by atoms with E-state index >= 15 is 0 Å². The minimum absolute atomic E-state index is 0.283. The van der Waals surface area contributed by atoms with Gasteiger partial charge >= 0.3 is 0 Å². The Balaban J connectivity index is 1.03. The third-order valence-electron chi connectivity index (χ3n) is 12.4. The SMILES string of the molecule is CC1(C)c2cc(-c3nc(-c4ccccc4)nc(-c4ccccc4)n3)ccc2-c2ccc(-n3c4ccccc4c4ccc5ccc6c(ccn6-c6ccccc6)c5c43)cc21. The summed E-state index contributed by atoms with van der Waals surface area (Å²) < 4.78 is 4.80. The van der Waals surface area contributed by atoms with E-state index < -0.39 is 0 Å². The molecule has 0 saturated heterocycles. The molecule has 0 N–H and O–H groups in total. The number of nitrogens with zero attached hydrogens (tertiary/aromatic N) is 5. The fraction of sp³-hybridized carbons (Fsp3) is 0.0556. The number of aromatic nitrogens is 5. The maximum absolute atomic E-state index is 5.07. The Morgan fingerprint density at radius 3 is 1.73 bits per heavy atom. The van der Waals surface area contributed by atoms with Crippen LogP contribution in [0.4, 0.5) is 0 Å². The van der Waals surface area contributed by atoms with Crippen LogP contribution in [0.1, 0.15) is 25.0 Å². The average Bonchev–Trinajstić information content (AvgIpc) is 3.95. The number of benzene rings is 8. The van der Waals surface area contributed by atoms with Gasteiger partial charge in [-0.15, -0.1) is 0 Å². The van der Waals surface area contributed by atoms with E-state index in [0.29, 0.717) is 17.5 Å². The number of para-hydroxylation sites is 2. The standard InChI is InChI=1S/C54H37N5/c1-54(2)45-32-37(53-56-51(35-14-6-3-7-15-35)55-52(57-53)36-16-8-4-9-17-36)23-26-40(45)41-28-25-39(33-46(41)54)59-48-21-13-12-20-42(48)43-27-22-34-24-29-47-44(49(34)50(43)59)30-31-58(47)38-18-10-5-11-19-38/h3-33H,1-2H3. The summed E-state index contributed by atoms with van der Waals surface area (Å²) in [6, 6.07) is 65.0. The molecule has 0 radical (unpaired) electrons. The fourth-order valence-electron chi connectivity index (χ4n) is 9.51. The van der Waals surface area contributed by atoms with Gasteiger partial charge in [-0.25, -0.2) is 15.0 Å². The predicted octanol–water partition coefficient (Wildman–Crippen LogP) is 13.4. The van der Waals surface area contributed by atoms with Crippen molar-refractivity contribution in [3.8, 4) is 56.7 Å². The lowest BCUT2D eigenvalue weighted by Gasteiger charge is -2.23. The Morgan fingerprint density at radius 2 is 1.02 bits per heavy atom. The van der Waals surface area contributed by atoms with Gasteiger partial charge in [-0.05, 0) is 76.2 Å². The molecule has 8 aromatic carbocycles. The third-order valence-corrected chi connectivity index (χ3v) is 12.4. The molecule has 1 aliphatic carbocycles. The second kappa shape index (κ2) is 12.7. The van der Waals surface area contributed by atoms with Crippen LogP contribution < -0.4 is 0 Å². The molecule has 278 valence electrons. The van der Waals surface area contributed by atoms with E-state index in [2.05, 4.69) is 175 Å². The zero-order chi connectivity index (χ0) is 39.2. The van der Waals surface area contributed by atoms with Crippen molar-refractivity contribution < 1.29 is 0 Å². The van der Waals surface area contributed by atoms with E-state index in [9.17, 15) is 0 Å². The Labute approximate surface area is 341 Å². The van der Waals surface area contributed by atoms with E-state index in [-0.39, 0.29) is 5.41 Å². The van der Waals surface area contributed by atoms with Crippen LogP contribution in [0.5, 0.6) is 0 Å². The number of hydrogen-bond donors (Lipinski definition) is 0. The predicted molar refractivity (Wildman–Crippen MR) is 242 cm³/mol. The van der Waals surface area contributed by atoms with Crippen molar-refractivity contribution in [2.45, 2.75) is 19.3 Å². The van der Waals surface area contributed by atoms with Crippen molar-refractivity contribution >= 4 is 43.5 Å². The highest BCUT2D eigenvalue weighted by Crippen LogP contribution is 2.51. The van der Waals surface area contributed by atoms with E-state index in [0.717, 1.165) is 28.1 Å². The largest absolute Gasteiger partial charge is 0.317 e. The average molecular weight is 756 g/mol. The van der Waals surface area contributed by atoms with E-state index in [4.69, 9.17) is 15.0 Å². The molecule has 0 unspecified atom stereocenters. The van der Waals surface area contributed by atoms with Gasteiger partial charge in [0.2, 0.25) is 0 Å². The maximum atomic E-state index is 5.07. The van der Waals surface area contributed by atoms with Gasteiger partial charge in [-0.2, -0.15) is 0 Å². The first-order valence-corrected chi connectivity index (χ1v) is 20.2. The van der Waals surface area contributed by atoms with Crippen LogP contribution in [0.25, 0.3) is 100 Å². The second-order valence-corrected chi connectivity index (χ2v) is 16.1. The molecule has 0 fully saturated rings. The van der Waals surface area contributed by atoms with Gasteiger partial charge in [-0.1, -0.05) is 147 Å². The van der Waals surface area contributed by atoms with Gasteiger partial charge in [0.25, 0.3) is 0 Å². The lowest BCUT2D eigenvalue weighted by atomic mass is 9.81. The molecular weight excluding hydrogens is 719 g/mol. The normalized spacial score (nSPS) is 13.1. The number of fused-ring (bicyclic) bond motifs is 10. The van der Waals surface area contributed by atoms with Crippen LogP contribution in [0.2, 0.25) is 0 Å². The van der Waals surface area contributed by atoms with E-state index in [1.165, 1.54) is 65.7 Å². The van der Waals surface area contributed by atoms with Gasteiger partial charge in [0, 0.05) is 61.2 Å². The Morgan fingerprint density at radius 1 is 0.424 bits per heavy atom. The number of rotatable bonds is 5. The maximum Gasteiger partial charge on any atom is 0.164 e. The Bertz CT molecular complexity index is 3390. The molecule has 11 aromatic rings. The van der Waals surface area contributed by atoms with Gasteiger partial charge < -0.3 is 9.13 Å². The van der Waals surface area contributed by atoms with Gasteiger partial charge in [0.15, 0.2) is 17.5 Å². The molecule has 59 heavy (non-hydrogen) atoms. The summed E-state index contributed by atoms with van der Waals surface area (Å²) in [4.78, 5) is 15.1. The molecule has 1 aliphatic rings. The number of hydrogen-bond acceptors (Lipinski definition) is 3. The summed E-state index contributed by atoms with van der Waals surface area (Å²) >= 11 is 0. The highest BCUT2D eigenvalue weighted by molar-refractivity contribution is 6.25. The second-order valence-electron chi connectivity index (χ2n) is 16.1. The molecule has 5 heteroatoms. The summed E-state index contributed by atoms with van der Waals surface area (Å²) in [7, 11) is 0. The van der Waals surface area contributed by atoms with Gasteiger partial charge in [0.05, 0.1) is 16.6 Å². The molecule has 0 atom stereocenters. The molecule has 5 nitrogen and oxygen atoms in total. The van der Waals surface area contributed by atoms with Crippen LogP contribution in [0.3, 0.4) is 0 Å². The van der Waals surface area contributed by atoms with Crippen LogP contribution >= 0.6 is 0 Å². The van der Waals surface area contributed by atoms with Gasteiger partial charge in [0.1, 0.15) is 0 Å². The van der Waals surface area contributed by atoms with Crippen LogP contribution in [-0.4, -0.2) is 24.1 Å². The van der Waals surface area contributed by atoms with Crippen molar-refractivity contribution in [3.05, 3.63) is 199 Å². The van der Waals surface area contributed by atoms with Gasteiger partial charge in [-0.3, -0.25) is 0 Å². The van der Waals surface area contributed by atoms with Crippen molar-refractivity contribution in [2.24, 2.45) is 0 Å². The van der Waals surface area contributed by atoms with Crippen molar-refractivity contribution in [3.63, 3.8) is 0 Å². The molecular formula is C54H37N5. The topological polar surface area (TPSA) is 48.5 Å². The molecule has 12 rings (SSSR count). The monoisotopic (exact) mass is 755 g/mol. The summed E-state index contributed by atoms with van der Waals surface area (Å²) in [5, 5.41) is 6.24. The van der Waals surface area contributed by atoms with E-state index in [1.54, 1.807) is 0 Å². The quantitative estimate of drug-likeness (QED) is 0.176. The third kappa shape index (κ3) is 5.08. The highest BCUT2D eigenvalue weighted by Gasteiger charge is 2.36. The summed E-state index contributed by atoms with van der Waals surface area (Å²) in [5.41, 5.74) is 13.6. The van der Waals surface area contributed by atoms with Crippen LogP contribution in [0.15, 0.2) is 188 Å². The first-order valence-electron chi connectivity index (χ1n) is 20.2. The van der Waals surface area contributed by atoms with Crippen LogP contribution in [-0.2, 0) is 5.41 Å². The highest BCUT2D eigenvalue weighted by atomic mass is 15.0. The zero-order valence-electron chi connectivity index (χ0n) is 32.6. The van der Waals surface area contributed by atoms with Crippen LogP contribution in [0, 0.1) is 0 Å². The lowest BCUT2D eigenvalue weighted by Crippen LogP contribution is -2.15. The fourth-order valence-corrected chi connectivity index (χ4v) is 9.51. The molecule has 0 aliphatic heterocycles. The smallest absolute Gasteiger partial charge is 0.164 e. The van der Waals surface area contributed by atoms with Crippen molar-refractivity contribution in [1.29, 1.82) is 0 Å². The minimum atomic E-state index is -0.283. The first kappa shape index (κ1) is 33.5. The first-order chi connectivity index (χ1) is 29.0. The Kier molecular flexibility index (Phi) is 7.20. The molecule has 0 saturated carbocycles. The summed E-state index contributed by atoms with van der Waals surface area (Å²) in [5.74, 6) is 1.99. The lowest BCUT2D eigenvalue weighted by molar-refractivity contribution is 0.660. The zero-order valence-corrected chi connectivity index (χ0v) is 32.6. The molecule has 0 bridgehead atoms. The molecule has 3 aromatic heterocycles. The minimum Gasteiger partial charge on any atom is -0.317 e. The molecule has 0 spiro atoms. The molecule has 3 heterocycles. The summed E-state index contributed by atoms with van der Waals surface area (Å²) in [6.07, 6.45) is 2.20.